The van der Waals surface area contributed by atoms with Gasteiger partial charge in [0, 0.05) is 32.4 Å². The summed E-state index contributed by atoms with van der Waals surface area (Å²) in [5, 5.41) is 0. The van der Waals surface area contributed by atoms with Gasteiger partial charge in [0.05, 0.1) is 0 Å². The molecule has 0 aliphatic carbocycles. The minimum Gasteiger partial charge on any atom is -0.354 e. The van der Waals surface area contributed by atoms with Crippen LogP contribution in [-0.4, -0.2) is 54.1 Å². The Labute approximate surface area is 103 Å². The van der Waals surface area contributed by atoms with Crippen molar-refractivity contribution in [2.24, 2.45) is 5.73 Å². The van der Waals surface area contributed by atoms with E-state index >= 15 is 0 Å². The summed E-state index contributed by atoms with van der Waals surface area (Å²) in [6, 6.07) is 1.98. The number of anilines is 1. The molecule has 94 valence electrons. The summed E-state index contributed by atoms with van der Waals surface area (Å²) in [6.07, 6.45) is 5.76. The number of nitrogens with zero attached hydrogens (tertiary/aromatic N) is 4. The van der Waals surface area contributed by atoms with Crippen molar-refractivity contribution in [3.05, 3.63) is 18.6 Å². The standard InChI is InChI=1S/C12H21N5/c13-4-1-2-6-16-7-9-17(10-8-16)12-3-5-14-11-15-12/h3,5,11H,1-2,4,6-10,13H2. The number of rotatable bonds is 5. The fourth-order valence-electron chi connectivity index (χ4n) is 2.15. The minimum atomic E-state index is 0.806. The first-order chi connectivity index (χ1) is 8.40. The summed E-state index contributed by atoms with van der Waals surface area (Å²) < 4.78 is 0. The van der Waals surface area contributed by atoms with Crippen LogP contribution in [0.2, 0.25) is 0 Å². The van der Waals surface area contributed by atoms with Crippen LogP contribution in [0.1, 0.15) is 12.8 Å². The lowest BCUT2D eigenvalue weighted by molar-refractivity contribution is 0.253. The molecular formula is C12H21N5. The molecule has 0 spiro atoms. The molecule has 2 rings (SSSR count). The monoisotopic (exact) mass is 235 g/mol. The van der Waals surface area contributed by atoms with Crippen molar-refractivity contribution in [3.63, 3.8) is 0 Å². The first kappa shape index (κ1) is 12.3. The molecular weight excluding hydrogens is 214 g/mol. The van der Waals surface area contributed by atoms with Gasteiger partial charge >= 0.3 is 0 Å². The maximum Gasteiger partial charge on any atom is 0.131 e. The lowest BCUT2D eigenvalue weighted by Crippen LogP contribution is -2.46. The van der Waals surface area contributed by atoms with Crippen LogP contribution in [0.15, 0.2) is 18.6 Å². The number of nitrogens with two attached hydrogens (primary N) is 1. The van der Waals surface area contributed by atoms with Crippen LogP contribution in [-0.2, 0) is 0 Å². The van der Waals surface area contributed by atoms with Crippen LogP contribution >= 0.6 is 0 Å². The van der Waals surface area contributed by atoms with E-state index in [1.54, 1.807) is 12.5 Å². The average molecular weight is 235 g/mol. The largest absolute Gasteiger partial charge is 0.354 e. The molecule has 1 aliphatic rings. The molecule has 1 aromatic rings. The molecule has 0 unspecified atom stereocenters. The normalized spacial score (nSPS) is 17.4. The van der Waals surface area contributed by atoms with Gasteiger partial charge in [-0.2, -0.15) is 0 Å². The maximum absolute atomic E-state index is 5.50. The number of hydrogen-bond donors (Lipinski definition) is 1. The fourth-order valence-corrected chi connectivity index (χ4v) is 2.15. The molecule has 1 aliphatic heterocycles. The number of unbranched alkanes of at least 4 members (excludes halogenated alkanes) is 1. The molecule has 0 aromatic carbocycles. The first-order valence-electron chi connectivity index (χ1n) is 6.33. The summed E-state index contributed by atoms with van der Waals surface area (Å²) in [4.78, 5) is 13.1. The Hall–Kier alpha value is -1.20. The third-order valence-electron chi connectivity index (χ3n) is 3.19. The van der Waals surface area contributed by atoms with Crippen LogP contribution in [0, 0.1) is 0 Å². The van der Waals surface area contributed by atoms with Crippen molar-refractivity contribution < 1.29 is 0 Å². The smallest absolute Gasteiger partial charge is 0.131 e. The summed E-state index contributed by atoms with van der Waals surface area (Å²) in [6.45, 7) is 6.33. The zero-order chi connectivity index (χ0) is 11.9. The molecule has 0 bridgehead atoms. The van der Waals surface area contributed by atoms with E-state index in [0.29, 0.717) is 0 Å². The van der Waals surface area contributed by atoms with Gasteiger partial charge in [-0.05, 0) is 32.0 Å². The van der Waals surface area contributed by atoms with Gasteiger partial charge < -0.3 is 10.6 Å². The predicted molar refractivity (Wildman–Crippen MR) is 69.0 cm³/mol. The zero-order valence-electron chi connectivity index (χ0n) is 10.3. The van der Waals surface area contributed by atoms with E-state index in [4.69, 9.17) is 5.73 Å². The highest BCUT2D eigenvalue weighted by atomic mass is 15.3. The zero-order valence-corrected chi connectivity index (χ0v) is 10.3. The van der Waals surface area contributed by atoms with E-state index in [2.05, 4.69) is 19.8 Å². The molecule has 2 N–H and O–H groups in total. The van der Waals surface area contributed by atoms with Gasteiger partial charge in [-0.1, -0.05) is 0 Å². The quantitative estimate of drug-likeness (QED) is 0.746. The van der Waals surface area contributed by atoms with Crippen molar-refractivity contribution in [2.45, 2.75) is 12.8 Å². The summed E-state index contributed by atoms with van der Waals surface area (Å²) in [5.74, 6) is 1.04. The SMILES string of the molecule is NCCCCN1CCN(c2ccncn2)CC1. The Bertz CT molecular complexity index is 308. The van der Waals surface area contributed by atoms with Gasteiger partial charge in [0.25, 0.3) is 0 Å². The van der Waals surface area contributed by atoms with Gasteiger partial charge in [0.15, 0.2) is 0 Å². The van der Waals surface area contributed by atoms with E-state index < -0.39 is 0 Å². The van der Waals surface area contributed by atoms with E-state index in [1.165, 1.54) is 13.0 Å². The van der Waals surface area contributed by atoms with Crippen LogP contribution in [0.5, 0.6) is 0 Å². The Morgan fingerprint density at radius 2 is 2.00 bits per heavy atom. The molecule has 5 heteroatoms. The molecule has 1 fully saturated rings. The van der Waals surface area contributed by atoms with Crippen molar-refractivity contribution >= 4 is 5.82 Å². The highest BCUT2D eigenvalue weighted by molar-refractivity contribution is 5.36. The molecule has 1 saturated heterocycles. The molecule has 0 amide bonds. The molecule has 2 heterocycles. The maximum atomic E-state index is 5.50. The molecule has 5 nitrogen and oxygen atoms in total. The minimum absolute atomic E-state index is 0.806. The van der Waals surface area contributed by atoms with Crippen LogP contribution < -0.4 is 10.6 Å². The summed E-state index contributed by atoms with van der Waals surface area (Å²) in [5.41, 5.74) is 5.50. The second-order valence-electron chi connectivity index (χ2n) is 4.39. The third kappa shape index (κ3) is 3.64. The van der Waals surface area contributed by atoms with E-state index in [-0.39, 0.29) is 0 Å². The van der Waals surface area contributed by atoms with Crippen molar-refractivity contribution in [3.8, 4) is 0 Å². The lowest BCUT2D eigenvalue weighted by atomic mass is 10.2. The third-order valence-corrected chi connectivity index (χ3v) is 3.19. The van der Waals surface area contributed by atoms with E-state index in [0.717, 1.165) is 45.0 Å². The van der Waals surface area contributed by atoms with Crippen LogP contribution in [0.25, 0.3) is 0 Å². The Kier molecular flexibility index (Phi) is 4.70. The van der Waals surface area contributed by atoms with E-state index in [1.807, 2.05) is 6.07 Å². The van der Waals surface area contributed by atoms with Gasteiger partial charge in [-0.15, -0.1) is 0 Å². The molecule has 17 heavy (non-hydrogen) atoms. The van der Waals surface area contributed by atoms with Crippen molar-refractivity contribution in [1.29, 1.82) is 0 Å². The van der Waals surface area contributed by atoms with E-state index in [9.17, 15) is 0 Å². The van der Waals surface area contributed by atoms with Gasteiger partial charge in [-0.25, -0.2) is 9.97 Å². The van der Waals surface area contributed by atoms with Crippen molar-refractivity contribution in [1.82, 2.24) is 14.9 Å². The number of aromatic nitrogens is 2. The number of hydrogen-bond acceptors (Lipinski definition) is 5. The second kappa shape index (κ2) is 6.51. The second-order valence-corrected chi connectivity index (χ2v) is 4.39. The van der Waals surface area contributed by atoms with Crippen molar-refractivity contribution in [2.75, 3.05) is 44.2 Å². The van der Waals surface area contributed by atoms with Gasteiger partial charge in [-0.3, -0.25) is 4.90 Å². The summed E-state index contributed by atoms with van der Waals surface area (Å²) in [7, 11) is 0. The number of piperazine rings is 1. The topological polar surface area (TPSA) is 58.3 Å². The Morgan fingerprint density at radius 1 is 1.18 bits per heavy atom. The molecule has 0 radical (unpaired) electrons. The Balaban J connectivity index is 1.74. The highest BCUT2D eigenvalue weighted by Crippen LogP contribution is 2.11. The van der Waals surface area contributed by atoms with Gasteiger partial charge in [0.1, 0.15) is 12.1 Å². The average Bonchev–Trinajstić information content (AvgIpc) is 2.41. The van der Waals surface area contributed by atoms with Crippen LogP contribution in [0.4, 0.5) is 5.82 Å². The predicted octanol–water partition coefficient (Wildman–Crippen LogP) is 0.338. The lowest BCUT2D eigenvalue weighted by Gasteiger charge is -2.35. The van der Waals surface area contributed by atoms with Crippen LogP contribution in [0.3, 0.4) is 0 Å². The first-order valence-corrected chi connectivity index (χ1v) is 6.33. The summed E-state index contributed by atoms with van der Waals surface area (Å²) >= 11 is 0. The highest BCUT2D eigenvalue weighted by Gasteiger charge is 2.16. The Morgan fingerprint density at radius 3 is 2.65 bits per heavy atom. The fraction of sp³-hybridized carbons (Fsp3) is 0.667. The molecule has 0 saturated carbocycles. The molecule has 1 aromatic heterocycles. The van der Waals surface area contributed by atoms with Gasteiger partial charge in [0.2, 0.25) is 0 Å². The molecule has 0 atom stereocenters.